The maximum Gasteiger partial charge on any atom is 0.287 e. The molecule has 126 valence electrons. The fourth-order valence-electron chi connectivity index (χ4n) is 2.05. The van der Waals surface area contributed by atoms with Gasteiger partial charge in [-0.15, -0.1) is 0 Å². The Morgan fingerprint density at radius 3 is 2.48 bits per heavy atom. The van der Waals surface area contributed by atoms with Crippen molar-refractivity contribution >= 4 is 34.8 Å². The van der Waals surface area contributed by atoms with E-state index in [-0.39, 0.29) is 15.1 Å². The lowest BCUT2D eigenvalue weighted by Crippen LogP contribution is -2.52. The van der Waals surface area contributed by atoms with Gasteiger partial charge in [0.25, 0.3) is 12.9 Å². The number of hydrazone groups is 1. The van der Waals surface area contributed by atoms with Crippen LogP contribution in [0.2, 0.25) is 10.0 Å². The highest BCUT2D eigenvalue weighted by atomic mass is 35.5. The first kappa shape index (κ1) is 18.0. The van der Waals surface area contributed by atoms with E-state index < -0.39 is 43.0 Å². The molecule has 0 radical (unpaired) electrons. The SMILES string of the molecule is O=C(Cc1ccc(Cl)c(Cl)c1)N1N=C(C(F)F)C[C@@]1(O)C(F)F. The van der Waals surface area contributed by atoms with Crippen LogP contribution < -0.4 is 0 Å². The van der Waals surface area contributed by atoms with Crippen molar-refractivity contribution in [2.75, 3.05) is 0 Å². The molecule has 23 heavy (non-hydrogen) atoms. The number of nitrogens with zero attached hydrogens (tertiary/aromatic N) is 2. The molecule has 10 heteroatoms. The van der Waals surface area contributed by atoms with E-state index in [1.54, 1.807) is 0 Å². The molecule has 1 N–H and O–H groups in total. The zero-order chi connectivity index (χ0) is 17.4. The molecular formula is C13H10Cl2F4N2O2. The number of alkyl halides is 4. The fraction of sp³-hybridized carbons (Fsp3) is 0.385. The third kappa shape index (κ3) is 3.59. The van der Waals surface area contributed by atoms with Crippen LogP contribution in [0.25, 0.3) is 0 Å². The third-order valence-electron chi connectivity index (χ3n) is 3.21. The van der Waals surface area contributed by atoms with E-state index in [4.69, 9.17) is 23.2 Å². The summed E-state index contributed by atoms with van der Waals surface area (Å²) < 4.78 is 51.4. The van der Waals surface area contributed by atoms with Gasteiger partial charge in [-0.25, -0.2) is 17.6 Å². The molecule has 0 aliphatic carbocycles. The third-order valence-corrected chi connectivity index (χ3v) is 3.95. The van der Waals surface area contributed by atoms with Crippen molar-refractivity contribution in [2.24, 2.45) is 5.10 Å². The molecule has 1 aromatic carbocycles. The summed E-state index contributed by atoms with van der Waals surface area (Å²) in [5.74, 6) is -1.07. The molecule has 0 unspecified atom stereocenters. The second-order valence-electron chi connectivity index (χ2n) is 4.88. The van der Waals surface area contributed by atoms with Crippen LogP contribution in [-0.2, 0) is 11.2 Å². The average molecular weight is 373 g/mol. The first-order valence-electron chi connectivity index (χ1n) is 6.28. The smallest absolute Gasteiger partial charge is 0.287 e. The number of aliphatic hydroxyl groups is 1. The van der Waals surface area contributed by atoms with E-state index >= 15 is 0 Å². The van der Waals surface area contributed by atoms with Gasteiger partial charge in [-0.3, -0.25) is 4.79 Å². The number of halogens is 6. The Bertz CT molecular complexity index is 657. The van der Waals surface area contributed by atoms with Gasteiger partial charge < -0.3 is 5.11 Å². The van der Waals surface area contributed by atoms with Gasteiger partial charge in [0.05, 0.1) is 16.5 Å². The molecule has 0 aromatic heterocycles. The van der Waals surface area contributed by atoms with Crippen molar-refractivity contribution < 1.29 is 27.5 Å². The minimum atomic E-state index is -3.46. The van der Waals surface area contributed by atoms with Gasteiger partial charge in [-0.05, 0) is 17.7 Å². The second kappa shape index (κ2) is 6.62. The molecule has 1 atom stereocenters. The van der Waals surface area contributed by atoms with Crippen molar-refractivity contribution in [3.8, 4) is 0 Å². The highest BCUT2D eigenvalue weighted by Gasteiger charge is 2.53. The standard InChI is InChI=1S/C13H10Cl2F4N2O2/c14-7-2-1-6(3-8(7)15)4-10(22)21-13(23,12(18)19)5-9(20-21)11(16)17/h1-3,11-12,23H,4-5H2/t13-/m1/s1. The molecule has 0 spiro atoms. The Morgan fingerprint density at radius 1 is 1.30 bits per heavy atom. The zero-order valence-electron chi connectivity index (χ0n) is 11.3. The van der Waals surface area contributed by atoms with Gasteiger partial charge in [0.2, 0.25) is 11.6 Å². The maximum absolute atomic E-state index is 13.0. The predicted octanol–water partition coefficient (Wildman–Crippen LogP) is 3.34. The average Bonchev–Trinajstić information content (AvgIpc) is 2.83. The minimum absolute atomic E-state index is 0.0155. The Balaban J connectivity index is 2.25. The number of rotatable bonds is 4. The Labute approximate surface area is 138 Å². The van der Waals surface area contributed by atoms with Crippen LogP contribution in [-0.4, -0.2) is 40.3 Å². The molecule has 1 aromatic rings. The van der Waals surface area contributed by atoms with E-state index in [2.05, 4.69) is 5.10 Å². The summed E-state index contributed by atoms with van der Waals surface area (Å²) in [4.78, 5) is 12.1. The summed E-state index contributed by atoms with van der Waals surface area (Å²) in [7, 11) is 0. The molecule has 2 rings (SSSR count). The molecule has 0 fully saturated rings. The number of amides is 1. The van der Waals surface area contributed by atoms with E-state index in [1.807, 2.05) is 0 Å². The van der Waals surface area contributed by atoms with Crippen LogP contribution in [0.1, 0.15) is 12.0 Å². The van der Waals surface area contributed by atoms with Crippen LogP contribution >= 0.6 is 23.2 Å². The lowest BCUT2D eigenvalue weighted by molar-refractivity contribution is -0.191. The molecule has 1 aliphatic heterocycles. The number of hydrogen-bond donors (Lipinski definition) is 1. The monoisotopic (exact) mass is 372 g/mol. The normalized spacial score (nSPS) is 21.3. The molecule has 0 saturated heterocycles. The summed E-state index contributed by atoms with van der Waals surface area (Å²) in [5.41, 5.74) is -3.75. The van der Waals surface area contributed by atoms with E-state index in [9.17, 15) is 27.5 Å². The quantitative estimate of drug-likeness (QED) is 0.824. The van der Waals surface area contributed by atoms with E-state index in [0.29, 0.717) is 5.56 Å². The van der Waals surface area contributed by atoms with Crippen molar-refractivity contribution in [1.82, 2.24) is 5.01 Å². The molecule has 1 amide bonds. The molecule has 0 bridgehead atoms. The zero-order valence-corrected chi connectivity index (χ0v) is 12.8. The van der Waals surface area contributed by atoms with Crippen LogP contribution in [0.15, 0.2) is 23.3 Å². The Kier molecular flexibility index (Phi) is 5.17. The summed E-state index contributed by atoms with van der Waals surface area (Å²) >= 11 is 11.5. The largest absolute Gasteiger partial charge is 0.364 e. The predicted molar refractivity (Wildman–Crippen MR) is 76.0 cm³/mol. The Hall–Kier alpha value is -1.38. The number of benzene rings is 1. The van der Waals surface area contributed by atoms with Crippen LogP contribution in [0.4, 0.5) is 17.6 Å². The van der Waals surface area contributed by atoms with Crippen molar-refractivity contribution in [3.63, 3.8) is 0 Å². The van der Waals surface area contributed by atoms with Crippen molar-refractivity contribution in [3.05, 3.63) is 33.8 Å². The highest BCUT2D eigenvalue weighted by molar-refractivity contribution is 6.42. The van der Waals surface area contributed by atoms with Crippen molar-refractivity contribution in [2.45, 2.75) is 31.4 Å². The van der Waals surface area contributed by atoms with Crippen LogP contribution in [0.5, 0.6) is 0 Å². The summed E-state index contributed by atoms with van der Waals surface area (Å²) in [6, 6.07) is 4.14. The summed E-state index contributed by atoms with van der Waals surface area (Å²) in [5, 5.41) is 13.4. The molecule has 0 saturated carbocycles. The first-order valence-corrected chi connectivity index (χ1v) is 7.03. The van der Waals surface area contributed by atoms with Gasteiger partial charge >= 0.3 is 0 Å². The topological polar surface area (TPSA) is 52.9 Å². The number of hydrogen-bond acceptors (Lipinski definition) is 3. The second-order valence-corrected chi connectivity index (χ2v) is 5.69. The van der Waals surface area contributed by atoms with E-state index in [1.165, 1.54) is 18.2 Å². The van der Waals surface area contributed by atoms with Crippen LogP contribution in [0, 0.1) is 0 Å². The summed E-state index contributed by atoms with van der Waals surface area (Å²) in [6.45, 7) is 0. The minimum Gasteiger partial charge on any atom is -0.364 e. The lowest BCUT2D eigenvalue weighted by Gasteiger charge is -2.30. The molecule has 4 nitrogen and oxygen atoms in total. The summed E-state index contributed by atoms with van der Waals surface area (Å²) in [6.07, 6.45) is -8.19. The molecule has 1 aliphatic rings. The number of carbonyl (C=O) groups is 1. The first-order chi connectivity index (χ1) is 10.6. The molecule has 1 heterocycles. The lowest BCUT2D eigenvalue weighted by atomic mass is 10.1. The molecular weight excluding hydrogens is 363 g/mol. The van der Waals surface area contributed by atoms with E-state index in [0.717, 1.165) is 0 Å². The van der Waals surface area contributed by atoms with Gasteiger partial charge in [0.1, 0.15) is 5.71 Å². The van der Waals surface area contributed by atoms with Gasteiger partial charge in [0, 0.05) is 6.42 Å². The van der Waals surface area contributed by atoms with Gasteiger partial charge in [-0.2, -0.15) is 10.1 Å². The maximum atomic E-state index is 13.0. The van der Waals surface area contributed by atoms with Crippen LogP contribution in [0.3, 0.4) is 0 Å². The fourth-order valence-corrected chi connectivity index (χ4v) is 2.37. The Morgan fingerprint density at radius 2 is 1.96 bits per heavy atom. The van der Waals surface area contributed by atoms with Gasteiger partial charge in [0.15, 0.2) is 0 Å². The van der Waals surface area contributed by atoms with Crippen molar-refractivity contribution in [1.29, 1.82) is 0 Å². The highest BCUT2D eigenvalue weighted by Crippen LogP contribution is 2.33. The number of carbonyl (C=O) groups excluding carboxylic acids is 1. The van der Waals surface area contributed by atoms with Gasteiger partial charge in [-0.1, -0.05) is 29.3 Å².